The van der Waals surface area contributed by atoms with Gasteiger partial charge >= 0.3 is 0 Å². The molecule has 0 aromatic heterocycles. The molecule has 0 saturated heterocycles. The minimum atomic E-state index is 0.578. The maximum absolute atomic E-state index is 5.76. The fourth-order valence-electron chi connectivity index (χ4n) is 2.52. The van der Waals surface area contributed by atoms with Crippen LogP contribution in [0.2, 0.25) is 0 Å². The van der Waals surface area contributed by atoms with Gasteiger partial charge in [0.25, 0.3) is 0 Å². The van der Waals surface area contributed by atoms with Crippen molar-refractivity contribution in [1.82, 2.24) is 10.6 Å². The molecular weight excluding hydrogens is 298 g/mol. The summed E-state index contributed by atoms with van der Waals surface area (Å²) in [7, 11) is 1.81. The molecule has 1 saturated carbocycles. The zero-order valence-electron chi connectivity index (χ0n) is 14.3. The summed E-state index contributed by atoms with van der Waals surface area (Å²) in [5.41, 5.74) is 2.39. The average Bonchev–Trinajstić information content (AvgIpc) is 3.33. The summed E-state index contributed by atoms with van der Waals surface area (Å²) >= 11 is 0. The Bertz CT molecular complexity index is 667. The highest BCUT2D eigenvalue weighted by molar-refractivity contribution is 5.80. The molecule has 3 rings (SSSR count). The summed E-state index contributed by atoms with van der Waals surface area (Å²) in [4.78, 5) is 4.27. The first-order valence-corrected chi connectivity index (χ1v) is 8.47. The van der Waals surface area contributed by atoms with Crippen molar-refractivity contribution >= 4 is 5.96 Å². The lowest BCUT2D eigenvalue weighted by Gasteiger charge is -2.12. The fraction of sp³-hybridized carbons (Fsp3) is 0.350. The van der Waals surface area contributed by atoms with Gasteiger partial charge in [-0.2, -0.15) is 0 Å². The maximum atomic E-state index is 5.76. The number of nitrogens with zero attached hydrogens (tertiary/aromatic N) is 1. The van der Waals surface area contributed by atoms with E-state index in [2.05, 4.69) is 46.8 Å². The van der Waals surface area contributed by atoms with Crippen molar-refractivity contribution in [1.29, 1.82) is 0 Å². The number of ether oxygens (including phenoxy) is 1. The molecule has 1 fully saturated rings. The third kappa shape index (κ3) is 4.75. The second kappa shape index (κ2) is 7.86. The van der Waals surface area contributed by atoms with Crippen molar-refractivity contribution < 1.29 is 4.74 Å². The summed E-state index contributed by atoms with van der Waals surface area (Å²) in [5.74, 6) is 2.53. The molecule has 0 radical (unpaired) electrons. The van der Waals surface area contributed by atoms with Crippen LogP contribution in [0.3, 0.4) is 0 Å². The molecule has 1 aliphatic carbocycles. The van der Waals surface area contributed by atoms with Crippen LogP contribution in [0.1, 0.15) is 24.5 Å². The van der Waals surface area contributed by atoms with Gasteiger partial charge < -0.3 is 15.4 Å². The second-order valence-corrected chi connectivity index (χ2v) is 6.31. The molecule has 0 bridgehead atoms. The van der Waals surface area contributed by atoms with Gasteiger partial charge in [-0.05, 0) is 35.6 Å². The monoisotopic (exact) mass is 323 g/mol. The Hall–Kier alpha value is -2.49. The largest absolute Gasteiger partial charge is 0.489 e. The molecule has 2 atom stereocenters. The molecule has 0 aliphatic heterocycles. The first kappa shape index (κ1) is 16.4. The van der Waals surface area contributed by atoms with Gasteiger partial charge in [-0.15, -0.1) is 0 Å². The Kier molecular flexibility index (Phi) is 5.36. The Labute approximate surface area is 144 Å². The van der Waals surface area contributed by atoms with Gasteiger partial charge in [0.05, 0.1) is 0 Å². The quantitative estimate of drug-likeness (QED) is 0.633. The van der Waals surface area contributed by atoms with Crippen molar-refractivity contribution in [3.05, 3.63) is 65.7 Å². The number of hydrogen-bond acceptors (Lipinski definition) is 2. The Balaban J connectivity index is 1.45. The number of hydrogen-bond donors (Lipinski definition) is 2. The van der Waals surface area contributed by atoms with E-state index in [1.807, 2.05) is 37.4 Å². The van der Waals surface area contributed by atoms with E-state index in [0.29, 0.717) is 12.6 Å². The van der Waals surface area contributed by atoms with Crippen molar-refractivity contribution in [3.8, 4) is 5.75 Å². The van der Waals surface area contributed by atoms with Crippen LogP contribution >= 0.6 is 0 Å². The van der Waals surface area contributed by atoms with E-state index < -0.39 is 0 Å². The highest BCUT2D eigenvalue weighted by atomic mass is 16.5. The lowest BCUT2D eigenvalue weighted by atomic mass is 10.1. The molecule has 0 heterocycles. The first-order chi connectivity index (χ1) is 11.7. The topological polar surface area (TPSA) is 45.7 Å². The van der Waals surface area contributed by atoms with E-state index in [-0.39, 0.29) is 0 Å². The number of aliphatic imine (C=N–C) groups is 1. The molecule has 4 nitrogen and oxygen atoms in total. The maximum Gasteiger partial charge on any atom is 0.191 e. The van der Waals surface area contributed by atoms with E-state index in [1.54, 1.807) is 0 Å². The zero-order chi connectivity index (χ0) is 16.8. The van der Waals surface area contributed by atoms with Gasteiger partial charge in [-0.1, -0.05) is 49.4 Å². The number of nitrogens with one attached hydrogen (secondary N) is 2. The van der Waals surface area contributed by atoms with Crippen LogP contribution in [-0.2, 0) is 13.2 Å². The molecule has 0 amide bonds. The van der Waals surface area contributed by atoms with Gasteiger partial charge in [-0.3, -0.25) is 4.99 Å². The van der Waals surface area contributed by atoms with E-state index in [9.17, 15) is 0 Å². The third-order valence-electron chi connectivity index (χ3n) is 4.29. The summed E-state index contributed by atoms with van der Waals surface area (Å²) < 4.78 is 5.76. The molecule has 126 valence electrons. The molecule has 2 unspecified atom stereocenters. The number of rotatable bonds is 6. The number of benzene rings is 2. The highest BCUT2D eigenvalue weighted by Gasteiger charge is 2.33. The fourth-order valence-corrected chi connectivity index (χ4v) is 2.52. The predicted octanol–water partition coefficient (Wildman–Crippen LogP) is 3.34. The van der Waals surface area contributed by atoms with E-state index in [0.717, 1.165) is 29.7 Å². The summed E-state index contributed by atoms with van der Waals surface area (Å²) in [6, 6.07) is 18.9. The van der Waals surface area contributed by atoms with E-state index in [4.69, 9.17) is 4.74 Å². The third-order valence-corrected chi connectivity index (χ3v) is 4.29. The van der Waals surface area contributed by atoms with Gasteiger partial charge in [0.1, 0.15) is 12.4 Å². The number of para-hydroxylation sites is 1. The summed E-state index contributed by atoms with van der Waals surface area (Å²) in [6.07, 6.45) is 1.23. The molecule has 2 aromatic carbocycles. The van der Waals surface area contributed by atoms with Crippen molar-refractivity contribution in [2.45, 2.75) is 32.5 Å². The van der Waals surface area contributed by atoms with Gasteiger partial charge in [0.2, 0.25) is 0 Å². The average molecular weight is 323 g/mol. The standard InChI is InChI=1S/C20H25N3O/c1-15-12-19(15)23-20(21-2)22-13-16-8-10-17(11-9-16)14-24-18-6-4-3-5-7-18/h3-11,15,19H,12-14H2,1-2H3,(H2,21,22,23). The van der Waals surface area contributed by atoms with Crippen molar-refractivity contribution in [3.63, 3.8) is 0 Å². The van der Waals surface area contributed by atoms with E-state index in [1.165, 1.54) is 12.0 Å². The van der Waals surface area contributed by atoms with Gasteiger partial charge in [0, 0.05) is 19.6 Å². The van der Waals surface area contributed by atoms with Crippen molar-refractivity contribution in [2.24, 2.45) is 10.9 Å². The van der Waals surface area contributed by atoms with Crippen LogP contribution in [0.5, 0.6) is 5.75 Å². The smallest absolute Gasteiger partial charge is 0.191 e. The number of guanidine groups is 1. The van der Waals surface area contributed by atoms with E-state index >= 15 is 0 Å². The molecule has 2 aromatic rings. The van der Waals surface area contributed by atoms with Gasteiger partial charge in [-0.25, -0.2) is 0 Å². The molecule has 0 spiro atoms. The first-order valence-electron chi connectivity index (χ1n) is 8.47. The summed E-state index contributed by atoms with van der Waals surface area (Å²) in [6.45, 7) is 3.60. The second-order valence-electron chi connectivity index (χ2n) is 6.31. The highest BCUT2D eigenvalue weighted by Crippen LogP contribution is 2.28. The SMILES string of the molecule is CN=C(NCc1ccc(COc2ccccc2)cc1)NC1CC1C. The van der Waals surface area contributed by atoms with Crippen LogP contribution in [0.4, 0.5) is 0 Å². The van der Waals surface area contributed by atoms with Crippen LogP contribution < -0.4 is 15.4 Å². The lowest BCUT2D eigenvalue weighted by molar-refractivity contribution is 0.306. The lowest BCUT2D eigenvalue weighted by Crippen LogP contribution is -2.38. The van der Waals surface area contributed by atoms with Crippen LogP contribution in [-0.4, -0.2) is 19.0 Å². The Morgan fingerprint density at radius 3 is 2.38 bits per heavy atom. The van der Waals surface area contributed by atoms with Crippen LogP contribution in [0.15, 0.2) is 59.6 Å². The minimum Gasteiger partial charge on any atom is -0.489 e. The molecular formula is C20H25N3O. The van der Waals surface area contributed by atoms with Crippen LogP contribution in [0, 0.1) is 5.92 Å². The predicted molar refractivity (Wildman–Crippen MR) is 98.1 cm³/mol. The van der Waals surface area contributed by atoms with Crippen molar-refractivity contribution in [2.75, 3.05) is 7.05 Å². The molecule has 4 heteroatoms. The van der Waals surface area contributed by atoms with Gasteiger partial charge in [0.15, 0.2) is 5.96 Å². The molecule has 24 heavy (non-hydrogen) atoms. The Morgan fingerprint density at radius 1 is 1.08 bits per heavy atom. The zero-order valence-corrected chi connectivity index (χ0v) is 14.3. The normalized spacial score (nSPS) is 19.7. The molecule has 2 N–H and O–H groups in total. The molecule has 1 aliphatic rings. The van der Waals surface area contributed by atoms with Crippen LogP contribution in [0.25, 0.3) is 0 Å². The Morgan fingerprint density at radius 2 is 1.75 bits per heavy atom. The minimum absolute atomic E-state index is 0.578. The summed E-state index contributed by atoms with van der Waals surface area (Å²) in [5, 5.41) is 6.79.